The Morgan fingerprint density at radius 3 is 2.96 bits per heavy atom. The lowest BCUT2D eigenvalue weighted by atomic mass is 10.1. The van der Waals surface area contributed by atoms with Crippen molar-refractivity contribution in [3.8, 4) is 11.5 Å². The summed E-state index contributed by atoms with van der Waals surface area (Å²) in [5, 5.41) is 4.27. The van der Waals surface area contributed by atoms with Crippen LogP contribution in [0.2, 0.25) is 0 Å². The summed E-state index contributed by atoms with van der Waals surface area (Å²) in [5.74, 6) is 1.59. The Bertz CT molecular complexity index is 737. The van der Waals surface area contributed by atoms with Gasteiger partial charge in [-0.1, -0.05) is 18.2 Å². The molecule has 0 bridgehead atoms. The van der Waals surface area contributed by atoms with Crippen LogP contribution in [-0.2, 0) is 6.54 Å². The van der Waals surface area contributed by atoms with Gasteiger partial charge in [0.15, 0.2) is 0 Å². The van der Waals surface area contributed by atoms with Gasteiger partial charge in [0.05, 0.1) is 18.8 Å². The first-order valence-electron chi connectivity index (χ1n) is 7.95. The minimum absolute atomic E-state index is 0.391. The van der Waals surface area contributed by atoms with Gasteiger partial charge in [0.1, 0.15) is 18.4 Å². The van der Waals surface area contributed by atoms with Gasteiger partial charge >= 0.3 is 0 Å². The van der Waals surface area contributed by atoms with Crippen molar-refractivity contribution in [2.75, 3.05) is 13.1 Å². The first-order valence-corrected chi connectivity index (χ1v) is 7.95. The molecule has 118 valence electrons. The summed E-state index contributed by atoms with van der Waals surface area (Å²) in [5.41, 5.74) is 1.01. The predicted octanol–water partition coefficient (Wildman–Crippen LogP) is 2.77. The highest BCUT2D eigenvalue weighted by Crippen LogP contribution is 2.24. The van der Waals surface area contributed by atoms with E-state index in [-0.39, 0.29) is 0 Å². The zero-order chi connectivity index (χ0) is 15.5. The number of oxazole rings is 1. The van der Waals surface area contributed by atoms with E-state index in [1.165, 1.54) is 0 Å². The fourth-order valence-corrected chi connectivity index (χ4v) is 3.11. The summed E-state index contributed by atoms with van der Waals surface area (Å²) in [6.07, 6.45) is 7.54. The van der Waals surface area contributed by atoms with Crippen LogP contribution in [0, 0.1) is 0 Å². The molecule has 6 heteroatoms. The van der Waals surface area contributed by atoms with Gasteiger partial charge in [-0.15, -0.1) is 0 Å². The molecule has 1 fully saturated rings. The van der Waals surface area contributed by atoms with Crippen LogP contribution in [0.1, 0.15) is 24.6 Å². The first kappa shape index (κ1) is 14.1. The summed E-state index contributed by atoms with van der Waals surface area (Å²) in [7, 11) is 0. The van der Waals surface area contributed by atoms with Crippen LogP contribution in [0.25, 0.3) is 11.5 Å². The van der Waals surface area contributed by atoms with Crippen molar-refractivity contribution in [3.05, 3.63) is 54.9 Å². The van der Waals surface area contributed by atoms with E-state index in [2.05, 4.69) is 20.0 Å². The summed E-state index contributed by atoms with van der Waals surface area (Å²) < 4.78 is 7.87. The van der Waals surface area contributed by atoms with Crippen molar-refractivity contribution in [2.24, 2.45) is 0 Å². The quantitative estimate of drug-likeness (QED) is 0.741. The highest BCUT2D eigenvalue weighted by atomic mass is 16.4. The number of aromatic nitrogens is 4. The Morgan fingerprint density at radius 2 is 2.13 bits per heavy atom. The van der Waals surface area contributed by atoms with Gasteiger partial charge in [-0.2, -0.15) is 5.10 Å². The average molecular weight is 309 g/mol. The van der Waals surface area contributed by atoms with Crippen LogP contribution in [-0.4, -0.2) is 37.7 Å². The number of piperidine rings is 1. The molecule has 1 aliphatic rings. The molecule has 1 aliphatic heterocycles. The van der Waals surface area contributed by atoms with Crippen LogP contribution in [0.15, 0.2) is 53.6 Å². The lowest BCUT2D eigenvalue weighted by molar-refractivity contribution is 0.153. The fourth-order valence-electron chi connectivity index (χ4n) is 3.11. The van der Waals surface area contributed by atoms with Crippen LogP contribution in [0.5, 0.6) is 0 Å². The van der Waals surface area contributed by atoms with Gasteiger partial charge in [0.25, 0.3) is 0 Å². The smallest absolute Gasteiger partial charge is 0.226 e. The monoisotopic (exact) mass is 309 g/mol. The first-order chi connectivity index (χ1) is 11.4. The van der Waals surface area contributed by atoms with Crippen LogP contribution >= 0.6 is 0 Å². The van der Waals surface area contributed by atoms with E-state index in [9.17, 15) is 0 Å². The number of benzene rings is 1. The van der Waals surface area contributed by atoms with Gasteiger partial charge in [0.2, 0.25) is 5.89 Å². The van der Waals surface area contributed by atoms with E-state index < -0.39 is 0 Å². The van der Waals surface area contributed by atoms with Gasteiger partial charge in [0, 0.05) is 12.1 Å². The number of likely N-dealkylation sites (tertiary alicyclic amines) is 1. The van der Waals surface area contributed by atoms with Crippen LogP contribution in [0.3, 0.4) is 0 Å². The molecule has 23 heavy (non-hydrogen) atoms. The number of hydrogen-bond donors (Lipinski definition) is 0. The molecule has 3 heterocycles. The highest BCUT2D eigenvalue weighted by molar-refractivity contribution is 5.52. The minimum atomic E-state index is 0.391. The van der Waals surface area contributed by atoms with Crippen LogP contribution in [0.4, 0.5) is 0 Å². The number of nitrogens with zero attached hydrogens (tertiary/aromatic N) is 5. The topological polar surface area (TPSA) is 60.0 Å². The van der Waals surface area contributed by atoms with E-state index in [1.807, 2.05) is 41.2 Å². The molecule has 0 radical (unpaired) electrons. The summed E-state index contributed by atoms with van der Waals surface area (Å²) in [6.45, 7) is 2.82. The second-order valence-corrected chi connectivity index (χ2v) is 5.90. The summed E-state index contributed by atoms with van der Waals surface area (Å²) in [4.78, 5) is 10.8. The average Bonchev–Trinajstić information content (AvgIpc) is 3.28. The Morgan fingerprint density at radius 1 is 1.22 bits per heavy atom. The maximum absolute atomic E-state index is 5.91. The zero-order valence-electron chi connectivity index (χ0n) is 12.9. The largest absolute Gasteiger partial charge is 0.440 e. The summed E-state index contributed by atoms with van der Waals surface area (Å²) in [6, 6.07) is 10.4. The van der Waals surface area contributed by atoms with Crippen LogP contribution < -0.4 is 0 Å². The number of hydrogen-bond acceptors (Lipinski definition) is 5. The van der Waals surface area contributed by atoms with E-state index in [4.69, 9.17) is 4.42 Å². The van der Waals surface area contributed by atoms with Crippen molar-refractivity contribution in [1.82, 2.24) is 24.6 Å². The fraction of sp³-hybridized carbons (Fsp3) is 0.353. The predicted molar refractivity (Wildman–Crippen MR) is 85.5 cm³/mol. The lowest BCUT2D eigenvalue weighted by Gasteiger charge is -2.31. The molecule has 6 nitrogen and oxygen atoms in total. The van der Waals surface area contributed by atoms with E-state index in [0.717, 1.165) is 43.8 Å². The second kappa shape index (κ2) is 6.34. The molecule has 0 amide bonds. The maximum Gasteiger partial charge on any atom is 0.226 e. The normalized spacial score (nSPS) is 19.0. The zero-order valence-corrected chi connectivity index (χ0v) is 12.9. The Labute approximate surface area is 134 Å². The molecule has 0 saturated carbocycles. The molecule has 1 atom stereocenters. The molecular formula is C17H19N5O. The molecule has 0 N–H and O–H groups in total. The van der Waals surface area contributed by atoms with Gasteiger partial charge in [-0.25, -0.2) is 14.6 Å². The third-order valence-corrected chi connectivity index (χ3v) is 4.25. The van der Waals surface area contributed by atoms with E-state index in [0.29, 0.717) is 11.9 Å². The highest BCUT2D eigenvalue weighted by Gasteiger charge is 2.22. The number of rotatable bonds is 4. The maximum atomic E-state index is 5.91. The summed E-state index contributed by atoms with van der Waals surface area (Å²) >= 11 is 0. The minimum Gasteiger partial charge on any atom is -0.440 e. The molecule has 1 aromatic carbocycles. The van der Waals surface area contributed by atoms with Crippen molar-refractivity contribution in [1.29, 1.82) is 0 Å². The molecule has 1 saturated heterocycles. The molecule has 0 spiro atoms. The molecule has 2 aromatic heterocycles. The lowest BCUT2D eigenvalue weighted by Crippen LogP contribution is -2.36. The van der Waals surface area contributed by atoms with Gasteiger partial charge in [-0.3, -0.25) is 4.90 Å². The molecule has 0 aliphatic carbocycles. The molecule has 3 aromatic rings. The standard InChI is InChI=1S/C17H19N5O/c1-2-5-14(6-3-1)17-19-9-16(23-17)11-21-8-4-7-15(10-21)22-13-18-12-20-22/h1-3,5-6,9,12-13,15H,4,7-8,10-11H2. The molecule has 4 rings (SSSR count). The van der Waals surface area contributed by atoms with Crippen molar-refractivity contribution < 1.29 is 4.42 Å². The van der Waals surface area contributed by atoms with Gasteiger partial charge in [-0.05, 0) is 31.5 Å². The van der Waals surface area contributed by atoms with Crippen molar-refractivity contribution in [3.63, 3.8) is 0 Å². The Kier molecular flexibility index (Phi) is 3.90. The van der Waals surface area contributed by atoms with Crippen molar-refractivity contribution in [2.45, 2.75) is 25.4 Å². The third-order valence-electron chi connectivity index (χ3n) is 4.25. The SMILES string of the molecule is c1ccc(-c2ncc(CN3CCCC(n4cncn4)C3)o2)cc1. The Hall–Kier alpha value is -2.47. The van der Waals surface area contributed by atoms with Gasteiger partial charge < -0.3 is 4.42 Å². The molecular weight excluding hydrogens is 290 g/mol. The van der Waals surface area contributed by atoms with Crippen molar-refractivity contribution >= 4 is 0 Å². The second-order valence-electron chi connectivity index (χ2n) is 5.90. The third kappa shape index (κ3) is 3.17. The molecule has 1 unspecified atom stereocenters. The van der Waals surface area contributed by atoms with E-state index >= 15 is 0 Å². The Balaban J connectivity index is 1.43. The van der Waals surface area contributed by atoms with E-state index in [1.54, 1.807) is 12.7 Å².